The number of hydrogen-bond donors (Lipinski definition) is 1. The first-order valence-corrected chi connectivity index (χ1v) is 13.1. The zero-order chi connectivity index (χ0) is 28.4. The lowest BCUT2D eigenvalue weighted by Crippen LogP contribution is -2.01. The summed E-state index contributed by atoms with van der Waals surface area (Å²) in [6, 6.07) is 47.7. The second kappa shape index (κ2) is 13.4. The van der Waals surface area contributed by atoms with Crippen LogP contribution in [0, 0.1) is 11.6 Å². The minimum Gasteiger partial charge on any atom is -0.535 e. The van der Waals surface area contributed by atoms with Crippen LogP contribution in [-0.2, 0) is 0 Å². The summed E-state index contributed by atoms with van der Waals surface area (Å²) in [6.07, 6.45) is 0. The smallest absolute Gasteiger partial charge is 0.535 e. The van der Waals surface area contributed by atoms with Gasteiger partial charge in [-0.05, 0) is 80.9 Å². The van der Waals surface area contributed by atoms with Gasteiger partial charge < -0.3 is 9.68 Å². The highest BCUT2D eigenvalue weighted by Crippen LogP contribution is 2.30. The van der Waals surface area contributed by atoms with E-state index in [4.69, 9.17) is 9.68 Å². The summed E-state index contributed by atoms with van der Waals surface area (Å²) >= 11 is 0. The molecule has 1 radical (unpaired) electrons. The summed E-state index contributed by atoms with van der Waals surface area (Å²) in [5.41, 5.74) is 8.44. The van der Waals surface area contributed by atoms with Gasteiger partial charge in [-0.2, -0.15) is 0 Å². The molecule has 0 aliphatic rings. The van der Waals surface area contributed by atoms with Crippen LogP contribution in [0.1, 0.15) is 0 Å². The number of benzene rings is 6. The highest BCUT2D eigenvalue weighted by molar-refractivity contribution is 6.17. The third-order valence-electron chi connectivity index (χ3n) is 6.56. The van der Waals surface area contributed by atoms with E-state index in [0.717, 1.165) is 33.4 Å². The van der Waals surface area contributed by atoms with E-state index in [0.29, 0.717) is 7.69 Å². The van der Waals surface area contributed by atoms with Crippen molar-refractivity contribution in [1.29, 1.82) is 0 Å². The fourth-order valence-corrected chi connectivity index (χ4v) is 4.49. The van der Waals surface area contributed by atoms with Gasteiger partial charge in [0, 0.05) is 0 Å². The maximum Gasteiger partial charge on any atom is 0.569 e. The molecule has 5 heteroatoms. The first kappa shape index (κ1) is 27.6. The molecule has 6 aromatic rings. The van der Waals surface area contributed by atoms with Crippen molar-refractivity contribution < 1.29 is 18.5 Å². The van der Waals surface area contributed by atoms with Gasteiger partial charge in [-0.1, -0.05) is 115 Å². The first-order valence-electron chi connectivity index (χ1n) is 13.1. The predicted octanol–water partition coefficient (Wildman–Crippen LogP) is 9.22. The lowest BCUT2D eigenvalue weighted by Gasteiger charge is -2.09. The number of halogens is 2. The largest absolute Gasteiger partial charge is 0.569 e. The molecule has 0 spiro atoms. The van der Waals surface area contributed by atoms with E-state index >= 15 is 0 Å². The van der Waals surface area contributed by atoms with Crippen molar-refractivity contribution in [2.75, 3.05) is 0 Å². The van der Waals surface area contributed by atoms with Crippen molar-refractivity contribution >= 4 is 7.69 Å². The van der Waals surface area contributed by atoms with Gasteiger partial charge in [0.05, 0.1) is 0 Å². The van der Waals surface area contributed by atoms with Crippen LogP contribution in [-0.4, -0.2) is 12.7 Å². The lowest BCUT2D eigenvalue weighted by molar-refractivity contribution is 0.432. The first-order chi connectivity index (χ1) is 20.1. The average molecular weight is 539 g/mol. The van der Waals surface area contributed by atoms with Crippen LogP contribution in [0.4, 0.5) is 8.78 Å². The highest BCUT2D eigenvalue weighted by atomic mass is 19.1. The Morgan fingerprint density at radius 2 is 0.805 bits per heavy atom. The van der Waals surface area contributed by atoms with E-state index in [-0.39, 0.29) is 11.6 Å². The van der Waals surface area contributed by atoms with Gasteiger partial charge in [0.1, 0.15) is 11.6 Å². The fourth-order valence-electron chi connectivity index (χ4n) is 4.49. The summed E-state index contributed by atoms with van der Waals surface area (Å²) in [6.45, 7) is 0. The molecule has 0 aliphatic heterocycles. The van der Waals surface area contributed by atoms with Gasteiger partial charge in [-0.15, -0.1) is 0 Å². The molecule has 0 saturated carbocycles. The molecule has 199 valence electrons. The summed E-state index contributed by atoms with van der Waals surface area (Å²) in [4.78, 5) is 0. The highest BCUT2D eigenvalue weighted by Gasteiger charge is 2.08. The Hall–Kier alpha value is -5.00. The minimum absolute atomic E-state index is 0.00915. The van der Waals surface area contributed by atoms with E-state index in [1.807, 2.05) is 84.9 Å². The molecule has 6 rings (SSSR count). The SMILES string of the molecule is Fc1ccc(-c2cccc(-c3ccccc3)c2)cc1.O[B]Oc1cc(-c2cccc(-c3ccccc3)c2)ccc1F. The van der Waals surface area contributed by atoms with Crippen LogP contribution in [0.3, 0.4) is 0 Å². The van der Waals surface area contributed by atoms with Gasteiger partial charge in [0.25, 0.3) is 0 Å². The summed E-state index contributed by atoms with van der Waals surface area (Å²) in [5.74, 6) is -0.735. The Morgan fingerprint density at radius 1 is 0.415 bits per heavy atom. The van der Waals surface area contributed by atoms with Crippen molar-refractivity contribution in [2.24, 2.45) is 0 Å². The topological polar surface area (TPSA) is 29.5 Å². The third-order valence-corrected chi connectivity index (χ3v) is 6.56. The van der Waals surface area contributed by atoms with E-state index in [9.17, 15) is 8.78 Å². The molecule has 0 heterocycles. The van der Waals surface area contributed by atoms with Crippen LogP contribution in [0.15, 0.2) is 152 Å². The molecule has 0 aromatic heterocycles. The van der Waals surface area contributed by atoms with Crippen molar-refractivity contribution in [3.05, 3.63) is 163 Å². The zero-order valence-electron chi connectivity index (χ0n) is 22.1. The lowest BCUT2D eigenvalue weighted by atomic mass is 9.99. The van der Waals surface area contributed by atoms with Crippen molar-refractivity contribution in [3.8, 4) is 50.3 Å². The second-order valence-electron chi connectivity index (χ2n) is 9.27. The summed E-state index contributed by atoms with van der Waals surface area (Å²) < 4.78 is 31.3. The van der Waals surface area contributed by atoms with E-state index in [2.05, 4.69) is 24.3 Å². The van der Waals surface area contributed by atoms with Crippen LogP contribution in [0.2, 0.25) is 0 Å². The zero-order valence-corrected chi connectivity index (χ0v) is 22.1. The van der Waals surface area contributed by atoms with Gasteiger partial charge >= 0.3 is 7.69 Å². The van der Waals surface area contributed by atoms with E-state index in [1.54, 1.807) is 24.3 Å². The number of rotatable bonds is 6. The molecule has 0 bridgehead atoms. The van der Waals surface area contributed by atoms with Crippen LogP contribution < -0.4 is 4.65 Å². The summed E-state index contributed by atoms with van der Waals surface area (Å²) in [5, 5.41) is 8.68. The molecule has 0 aliphatic carbocycles. The molecule has 0 saturated heterocycles. The molecule has 1 N–H and O–H groups in total. The second-order valence-corrected chi connectivity index (χ2v) is 9.27. The number of hydrogen-bond acceptors (Lipinski definition) is 2. The maximum absolute atomic E-state index is 13.6. The molecule has 0 atom stereocenters. The predicted molar refractivity (Wildman–Crippen MR) is 163 cm³/mol. The Bertz CT molecular complexity index is 1710. The van der Waals surface area contributed by atoms with Gasteiger partial charge in [0.15, 0.2) is 5.82 Å². The van der Waals surface area contributed by atoms with Crippen molar-refractivity contribution in [2.45, 2.75) is 0 Å². The normalized spacial score (nSPS) is 10.3. The monoisotopic (exact) mass is 539 g/mol. The van der Waals surface area contributed by atoms with E-state index < -0.39 is 5.82 Å². The Morgan fingerprint density at radius 3 is 1.29 bits per heavy atom. The molecule has 0 unspecified atom stereocenters. The Kier molecular flexibility index (Phi) is 9.00. The maximum atomic E-state index is 13.6. The van der Waals surface area contributed by atoms with Crippen molar-refractivity contribution in [3.63, 3.8) is 0 Å². The molecule has 6 aromatic carbocycles. The fraction of sp³-hybridized carbons (Fsp3) is 0. The van der Waals surface area contributed by atoms with Gasteiger partial charge in [-0.25, -0.2) is 8.78 Å². The molecular formula is C36H26BF2O2. The van der Waals surface area contributed by atoms with Gasteiger partial charge in [-0.3, -0.25) is 0 Å². The molecular weight excluding hydrogens is 513 g/mol. The summed E-state index contributed by atoms with van der Waals surface area (Å²) in [7, 11) is 0.475. The van der Waals surface area contributed by atoms with Crippen LogP contribution >= 0.6 is 0 Å². The van der Waals surface area contributed by atoms with Crippen molar-refractivity contribution in [1.82, 2.24) is 0 Å². The molecule has 41 heavy (non-hydrogen) atoms. The molecule has 0 amide bonds. The van der Waals surface area contributed by atoms with E-state index in [1.165, 1.54) is 29.3 Å². The van der Waals surface area contributed by atoms with Gasteiger partial charge in [0.2, 0.25) is 0 Å². The minimum atomic E-state index is -0.520. The third kappa shape index (κ3) is 7.15. The van der Waals surface area contributed by atoms with Crippen LogP contribution in [0.5, 0.6) is 5.75 Å². The average Bonchev–Trinajstić information content (AvgIpc) is 3.04. The quantitative estimate of drug-likeness (QED) is 0.214. The molecule has 0 fully saturated rings. The standard InChI is InChI=1S/C18H13BFO2.C18H13F/c20-17-10-9-16(12-18(17)22-19-21)15-8-4-7-14(11-15)13-5-2-1-3-6-13;19-18-11-9-15(10-12-18)17-8-4-7-16(13-17)14-5-2-1-3-6-14/h1-12,21H;1-13H. The van der Waals surface area contributed by atoms with Crippen LogP contribution in [0.25, 0.3) is 44.5 Å². The Labute approximate surface area is 239 Å². The molecule has 2 nitrogen and oxygen atoms in total. The Balaban J connectivity index is 0.000000166.